The van der Waals surface area contributed by atoms with Crippen LogP contribution >= 0.6 is 0 Å². The number of hydrogen-bond donors (Lipinski definition) is 2. The summed E-state index contributed by atoms with van der Waals surface area (Å²) in [5, 5.41) is 12.1. The third-order valence-corrected chi connectivity index (χ3v) is 7.55. The van der Waals surface area contributed by atoms with E-state index in [4.69, 9.17) is 11.3 Å². The Balaban J connectivity index is 1.70. The smallest absolute Gasteiger partial charge is 0.414 e. The average molecular weight is 515 g/mol. The molecule has 0 aliphatic carbocycles. The van der Waals surface area contributed by atoms with Crippen LogP contribution < -0.4 is 10.1 Å². The molecule has 12 heteroatoms. The predicted molar refractivity (Wildman–Crippen MR) is 129 cm³/mol. The van der Waals surface area contributed by atoms with Crippen LogP contribution in [0.3, 0.4) is 0 Å². The standard InChI is InChI=1S/C24H26N4O7S/c1-25-17-8-12-19(13-9-17)36(33,34)28-14-4-5-21(28)22(29)26-20(23(30)31)15-16-6-10-18(11-7-16)35-24(32)27(2)3/h6-13,20-21H,4-5,14-15H2,2-3H3,(H,26,29)(H,30,31)/t20-,21-/m0/s1. The number of hydrogen-bond acceptors (Lipinski definition) is 6. The Hall–Kier alpha value is -3.95. The van der Waals surface area contributed by atoms with Gasteiger partial charge in [0.15, 0.2) is 5.69 Å². The summed E-state index contributed by atoms with van der Waals surface area (Å²) >= 11 is 0. The predicted octanol–water partition coefficient (Wildman–Crippen LogP) is 2.26. The normalized spacial score (nSPS) is 16.5. The molecular weight excluding hydrogens is 488 g/mol. The van der Waals surface area contributed by atoms with Gasteiger partial charge in [-0.25, -0.2) is 22.9 Å². The minimum atomic E-state index is -4.02. The number of sulfonamides is 1. The van der Waals surface area contributed by atoms with Gasteiger partial charge in [-0.05, 0) is 30.5 Å². The number of benzene rings is 2. The van der Waals surface area contributed by atoms with E-state index in [1.807, 2.05) is 0 Å². The Morgan fingerprint density at radius 3 is 2.36 bits per heavy atom. The van der Waals surface area contributed by atoms with Crippen molar-refractivity contribution in [3.05, 3.63) is 65.5 Å². The molecule has 1 aliphatic rings. The molecule has 2 amide bonds. The fourth-order valence-corrected chi connectivity index (χ4v) is 5.36. The summed E-state index contributed by atoms with van der Waals surface area (Å²) in [6.07, 6.45) is 0.0867. The Morgan fingerprint density at radius 1 is 1.17 bits per heavy atom. The molecule has 2 aromatic carbocycles. The molecule has 0 saturated carbocycles. The van der Waals surface area contributed by atoms with Gasteiger partial charge in [0.1, 0.15) is 17.8 Å². The van der Waals surface area contributed by atoms with E-state index in [0.717, 1.165) is 4.31 Å². The number of amides is 2. The summed E-state index contributed by atoms with van der Waals surface area (Å²) in [7, 11) is -0.935. The quantitative estimate of drug-likeness (QED) is 0.516. The summed E-state index contributed by atoms with van der Waals surface area (Å²) in [5.41, 5.74) is 0.862. The van der Waals surface area contributed by atoms with Gasteiger partial charge < -0.3 is 20.1 Å². The van der Waals surface area contributed by atoms with E-state index >= 15 is 0 Å². The summed E-state index contributed by atoms with van der Waals surface area (Å²) in [6.45, 7) is 7.12. The lowest BCUT2D eigenvalue weighted by atomic mass is 10.1. The van der Waals surface area contributed by atoms with E-state index in [-0.39, 0.29) is 35.7 Å². The van der Waals surface area contributed by atoms with Crippen molar-refractivity contribution in [3.8, 4) is 5.75 Å². The molecule has 1 aliphatic heterocycles. The summed E-state index contributed by atoms with van der Waals surface area (Å²) in [6, 6.07) is 9.26. The lowest BCUT2D eigenvalue weighted by Gasteiger charge is -2.25. The van der Waals surface area contributed by atoms with Crippen LogP contribution in [-0.4, -0.2) is 73.4 Å². The Labute approximate surface area is 209 Å². The summed E-state index contributed by atoms with van der Waals surface area (Å²) in [4.78, 5) is 41.0. The number of carboxylic acid groups (broad SMARTS) is 1. The first kappa shape index (κ1) is 26.7. The molecule has 1 fully saturated rings. The van der Waals surface area contributed by atoms with Gasteiger partial charge >= 0.3 is 12.1 Å². The van der Waals surface area contributed by atoms with Crippen LogP contribution in [0.2, 0.25) is 0 Å². The molecule has 0 bridgehead atoms. The number of rotatable bonds is 8. The molecule has 2 aromatic rings. The van der Waals surface area contributed by atoms with Crippen molar-refractivity contribution in [2.24, 2.45) is 0 Å². The van der Waals surface area contributed by atoms with Crippen molar-refractivity contribution in [3.63, 3.8) is 0 Å². The van der Waals surface area contributed by atoms with Gasteiger partial charge in [-0.1, -0.05) is 36.4 Å². The highest BCUT2D eigenvalue weighted by atomic mass is 32.2. The van der Waals surface area contributed by atoms with Crippen LogP contribution in [0, 0.1) is 6.57 Å². The second kappa shape index (κ2) is 11.2. The van der Waals surface area contributed by atoms with Crippen LogP contribution in [0.15, 0.2) is 53.4 Å². The van der Waals surface area contributed by atoms with Crippen molar-refractivity contribution < 1.29 is 32.6 Å². The Morgan fingerprint density at radius 2 is 1.81 bits per heavy atom. The molecule has 36 heavy (non-hydrogen) atoms. The largest absolute Gasteiger partial charge is 0.480 e. The lowest BCUT2D eigenvalue weighted by molar-refractivity contribution is -0.142. The first-order valence-corrected chi connectivity index (χ1v) is 12.5. The first-order valence-electron chi connectivity index (χ1n) is 11.0. The molecule has 11 nitrogen and oxygen atoms in total. The highest BCUT2D eigenvalue weighted by Gasteiger charge is 2.40. The van der Waals surface area contributed by atoms with Gasteiger partial charge in [-0.2, -0.15) is 4.31 Å². The van der Waals surface area contributed by atoms with E-state index in [1.165, 1.54) is 41.3 Å². The van der Waals surface area contributed by atoms with Crippen molar-refractivity contribution >= 4 is 33.7 Å². The number of carbonyl (C=O) groups excluding carboxylic acids is 2. The maximum Gasteiger partial charge on any atom is 0.414 e. The number of carbonyl (C=O) groups is 3. The average Bonchev–Trinajstić information content (AvgIpc) is 3.36. The van der Waals surface area contributed by atoms with Crippen molar-refractivity contribution in [2.45, 2.75) is 36.2 Å². The first-order chi connectivity index (χ1) is 17.0. The summed E-state index contributed by atoms with van der Waals surface area (Å²) in [5.74, 6) is -1.68. The third-order valence-electron chi connectivity index (χ3n) is 5.63. The second-order valence-corrected chi connectivity index (χ2v) is 10.3. The van der Waals surface area contributed by atoms with Gasteiger partial charge in [0.2, 0.25) is 15.9 Å². The van der Waals surface area contributed by atoms with Gasteiger partial charge in [0, 0.05) is 27.1 Å². The van der Waals surface area contributed by atoms with Crippen molar-refractivity contribution in [2.75, 3.05) is 20.6 Å². The molecule has 3 rings (SSSR count). The molecule has 190 valence electrons. The minimum absolute atomic E-state index is 0.0422. The highest BCUT2D eigenvalue weighted by Crippen LogP contribution is 2.27. The number of nitrogens with zero attached hydrogens (tertiary/aromatic N) is 3. The number of ether oxygens (including phenoxy) is 1. The SMILES string of the molecule is [C-]#[N+]c1ccc(S(=O)(=O)N2CCC[C@H]2C(=O)N[C@@H](Cc2ccc(OC(=O)N(C)C)cc2)C(=O)O)cc1. The molecule has 2 atom stereocenters. The van der Waals surface area contributed by atoms with Gasteiger partial charge in [0.05, 0.1) is 11.5 Å². The Kier molecular flexibility index (Phi) is 8.29. The van der Waals surface area contributed by atoms with Gasteiger partial charge in [-0.15, -0.1) is 0 Å². The third kappa shape index (κ3) is 6.18. The van der Waals surface area contributed by atoms with E-state index in [0.29, 0.717) is 12.0 Å². The molecule has 0 unspecified atom stereocenters. The molecule has 0 aromatic heterocycles. The zero-order chi connectivity index (χ0) is 26.5. The lowest BCUT2D eigenvalue weighted by Crippen LogP contribution is -2.51. The molecule has 0 radical (unpaired) electrons. The molecule has 0 spiro atoms. The van der Waals surface area contributed by atoms with Crippen molar-refractivity contribution in [1.82, 2.24) is 14.5 Å². The van der Waals surface area contributed by atoms with Crippen LogP contribution in [0.25, 0.3) is 4.85 Å². The topological polar surface area (TPSA) is 138 Å². The fourth-order valence-electron chi connectivity index (χ4n) is 3.71. The zero-order valence-corrected chi connectivity index (χ0v) is 20.6. The monoisotopic (exact) mass is 514 g/mol. The van der Waals surface area contributed by atoms with E-state index in [2.05, 4.69) is 10.2 Å². The molecule has 1 heterocycles. The van der Waals surface area contributed by atoms with Crippen LogP contribution in [-0.2, 0) is 26.0 Å². The molecular formula is C24H26N4O7S. The highest BCUT2D eigenvalue weighted by molar-refractivity contribution is 7.89. The van der Waals surface area contributed by atoms with Crippen LogP contribution in [0.1, 0.15) is 18.4 Å². The molecule has 1 saturated heterocycles. The van der Waals surface area contributed by atoms with E-state index in [9.17, 15) is 27.9 Å². The number of aliphatic carboxylic acids is 1. The van der Waals surface area contributed by atoms with E-state index in [1.54, 1.807) is 26.2 Å². The van der Waals surface area contributed by atoms with Gasteiger partial charge in [0.25, 0.3) is 0 Å². The number of carboxylic acids is 1. The Bertz CT molecular complexity index is 1270. The number of nitrogens with one attached hydrogen (secondary N) is 1. The maximum atomic E-state index is 13.1. The zero-order valence-electron chi connectivity index (χ0n) is 19.7. The van der Waals surface area contributed by atoms with Crippen molar-refractivity contribution in [1.29, 1.82) is 0 Å². The van der Waals surface area contributed by atoms with Crippen LogP contribution in [0.4, 0.5) is 10.5 Å². The summed E-state index contributed by atoms with van der Waals surface area (Å²) < 4.78 is 32.5. The minimum Gasteiger partial charge on any atom is -0.480 e. The van der Waals surface area contributed by atoms with Gasteiger partial charge in [-0.3, -0.25) is 4.79 Å². The maximum absolute atomic E-state index is 13.1. The fraction of sp³-hybridized carbons (Fsp3) is 0.333. The van der Waals surface area contributed by atoms with E-state index < -0.39 is 40.1 Å². The van der Waals surface area contributed by atoms with Crippen LogP contribution in [0.5, 0.6) is 5.75 Å². The second-order valence-electron chi connectivity index (χ2n) is 8.39. The molecule has 2 N–H and O–H groups in total.